The third-order valence-electron chi connectivity index (χ3n) is 4.50. The third-order valence-corrected chi connectivity index (χ3v) is 4.50. The molecule has 0 aliphatic rings. The predicted molar refractivity (Wildman–Crippen MR) is 106 cm³/mol. The monoisotopic (exact) mass is 352 g/mol. The lowest BCUT2D eigenvalue weighted by Gasteiger charge is -2.16. The van der Waals surface area contributed by atoms with Crippen LogP contribution in [0.5, 0.6) is 0 Å². The fourth-order valence-corrected chi connectivity index (χ4v) is 2.87. The van der Waals surface area contributed by atoms with Gasteiger partial charge in [0, 0.05) is 12.5 Å². The van der Waals surface area contributed by atoms with Gasteiger partial charge < -0.3 is 10.6 Å². The van der Waals surface area contributed by atoms with E-state index in [0.29, 0.717) is 17.8 Å². The highest BCUT2D eigenvalue weighted by atomic mass is 16.2. The van der Waals surface area contributed by atoms with Crippen LogP contribution in [0.25, 0.3) is 0 Å². The molecule has 26 heavy (non-hydrogen) atoms. The fraction of sp³-hybridized carbons (Fsp3) is 0.364. The van der Waals surface area contributed by atoms with Crippen LogP contribution in [0.4, 0.5) is 5.69 Å². The van der Waals surface area contributed by atoms with Crippen molar-refractivity contribution in [3.8, 4) is 0 Å². The molecule has 0 fully saturated rings. The molecule has 1 unspecified atom stereocenters. The average Bonchev–Trinajstić information content (AvgIpc) is 2.68. The number of para-hydroxylation sites is 1. The summed E-state index contributed by atoms with van der Waals surface area (Å²) in [5.41, 5.74) is 2.09. The van der Waals surface area contributed by atoms with Crippen molar-refractivity contribution in [3.63, 3.8) is 0 Å². The summed E-state index contributed by atoms with van der Waals surface area (Å²) in [6, 6.07) is 16.9. The molecule has 2 amide bonds. The number of carbonyl (C=O) groups is 2. The minimum absolute atomic E-state index is 0.00995. The second-order valence-electron chi connectivity index (χ2n) is 6.45. The minimum atomic E-state index is -0.189. The van der Waals surface area contributed by atoms with Gasteiger partial charge in [-0.2, -0.15) is 0 Å². The summed E-state index contributed by atoms with van der Waals surface area (Å²) in [4.78, 5) is 25.1. The van der Waals surface area contributed by atoms with E-state index in [1.54, 1.807) is 12.1 Å². The van der Waals surface area contributed by atoms with Gasteiger partial charge in [-0.3, -0.25) is 9.59 Å². The molecule has 0 saturated carbocycles. The topological polar surface area (TPSA) is 58.2 Å². The molecular formula is C22H28N2O2. The number of benzene rings is 2. The number of nitrogens with one attached hydrogen (secondary N) is 2. The Labute approximate surface area is 156 Å². The summed E-state index contributed by atoms with van der Waals surface area (Å²) >= 11 is 0. The second kappa shape index (κ2) is 10.4. The first-order valence-corrected chi connectivity index (χ1v) is 9.37. The van der Waals surface area contributed by atoms with Crippen LogP contribution in [0.15, 0.2) is 54.6 Å². The molecule has 2 N–H and O–H groups in total. The van der Waals surface area contributed by atoms with Gasteiger partial charge >= 0.3 is 0 Å². The molecule has 2 rings (SSSR count). The Hall–Kier alpha value is -2.62. The van der Waals surface area contributed by atoms with Crippen LogP contribution in [0.3, 0.4) is 0 Å². The van der Waals surface area contributed by atoms with Gasteiger partial charge in [-0.25, -0.2) is 0 Å². The first kappa shape index (κ1) is 19.7. The molecule has 0 heterocycles. The maximum atomic E-state index is 12.6. The number of hydrogen-bond acceptors (Lipinski definition) is 2. The van der Waals surface area contributed by atoms with E-state index in [2.05, 4.69) is 17.6 Å². The van der Waals surface area contributed by atoms with Crippen molar-refractivity contribution in [1.82, 2.24) is 5.32 Å². The highest BCUT2D eigenvalue weighted by Gasteiger charge is 2.18. The van der Waals surface area contributed by atoms with Crippen LogP contribution >= 0.6 is 0 Å². The van der Waals surface area contributed by atoms with Crippen molar-refractivity contribution in [2.75, 3.05) is 5.32 Å². The molecule has 4 heteroatoms. The maximum absolute atomic E-state index is 12.6. The molecule has 1 atom stereocenters. The van der Waals surface area contributed by atoms with Gasteiger partial charge in [0.25, 0.3) is 5.91 Å². The summed E-state index contributed by atoms with van der Waals surface area (Å²) in [6.45, 7) is 4.60. The Morgan fingerprint density at radius 3 is 2.35 bits per heavy atom. The fourth-order valence-electron chi connectivity index (χ4n) is 2.87. The Morgan fingerprint density at radius 2 is 1.65 bits per heavy atom. The van der Waals surface area contributed by atoms with E-state index in [-0.39, 0.29) is 17.7 Å². The molecular weight excluding hydrogens is 324 g/mol. The number of amides is 2. The van der Waals surface area contributed by atoms with E-state index in [0.717, 1.165) is 31.2 Å². The minimum Gasteiger partial charge on any atom is -0.348 e. The lowest BCUT2D eigenvalue weighted by Crippen LogP contribution is -2.27. The highest BCUT2D eigenvalue weighted by molar-refractivity contribution is 6.04. The Balaban J connectivity index is 2.04. The number of rotatable bonds is 9. The normalized spacial score (nSPS) is 11.6. The lowest BCUT2D eigenvalue weighted by atomic mass is 9.98. The highest BCUT2D eigenvalue weighted by Crippen LogP contribution is 2.19. The molecule has 2 aromatic carbocycles. The standard InChI is InChI=1S/C22H28N2O2/c1-3-5-13-18(4-2)21(25)24-20-15-10-9-14-19(20)22(26)23-16-17-11-7-6-8-12-17/h6-12,14-15,18H,3-5,13,16H2,1-2H3,(H,23,26)(H,24,25). The Morgan fingerprint density at radius 1 is 0.962 bits per heavy atom. The zero-order valence-corrected chi connectivity index (χ0v) is 15.6. The van der Waals surface area contributed by atoms with Crippen LogP contribution in [0.2, 0.25) is 0 Å². The predicted octanol–water partition coefficient (Wildman–Crippen LogP) is 4.77. The molecule has 0 aromatic heterocycles. The number of unbranched alkanes of at least 4 members (excludes halogenated alkanes) is 1. The third kappa shape index (κ3) is 5.73. The van der Waals surface area contributed by atoms with Crippen molar-refractivity contribution in [2.45, 2.75) is 46.1 Å². The summed E-state index contributed by atoms with van der Waals surface area (Å²) in [5, 5.41) is 5.87. The number of carbonyl (C=O) groups excluding carboxylic acids is 2. The molecule has 0 spiro atoms. The van der Waals surface area contributed by atoms with Crippen molar-refractivity contribution in [2.24, 2.45) is 5.92 Å². The van der Waals surface area contributed by atoms with E-state index in [1.807, 2.05) is 49.4 Å². The van der Waals surface area contributed by atoms with E-state index >= 15 is 0 Å². The Bertz CT molecular complexity index is 713. The van der Waals surface area contributed by atoms with E-state index < -0.39 is 0 Å². The molecule has 4 nitrogen and oxygen atoms in total. The summed E-state index contributed by atoms with van der Waals surface area (Å²) in [6.07, 6.45) is 3.78. The van der Waals surface area contributed by atoms with Gasteiger partial charge in [-0.05, 0) is 30.5 Å². The molecule has 138 valence electrons. The zero-order chi connectivity index (χ0) is 18.8. The maximum Gasteiger partial charge on any atom is 0.253 e. The quantitative estimate of drug-likeness (QED) is 0.683. The smallest absolute Gasteiger partial charge is 0.253 e. The molecule has 0 saturated heterocycles. The molecule has 0 aliphatic heterocycles. The summed E-state index contributed by atoms with van der Waals surface area (Å²) < 4.78 is 0. The van der Waals surface area contributed by atoms with Crippen LogP contribution in [0.1, 0.15) is 55.5 Å². The molecule has 0 aliphatic carbocycles. The summed E-state index contributed by atoms with van der Waals surface area (Å²) in [7, 11) is 0. The van der Waals surface area contributed by atoms with Gasteiger partial charge in [0.15, 0.2) is 0 Å². The second-order valence-corrected chi connectivity index (χ2v) is 6.45. The van der Waals surface area contributed by atoms with Crippen LogP contribution < -0.4 is 10.6 Å². The number of hydrogen-bond donors (Lipinski definition) is 2. The average molecular weight is 352 g/mol. The van der Waals surface area contributed by atoms with E-state index in [9.17, 15) is 9.59 Å². The van der Waals surface area contributed by atoms with Crippen LogP contribution in [-0.2, 0) is 11.3 Å². The first-order chi connectivity index (χ1) is 12.7. The van der Waals surface area contributed by atoms with Crippen LogP contribution in [-0.4, -0.2) is 11.8 Å². The SMILES string of the molecule is CCCCC(CC)C(=O)Nc1ccccc1C(=O)NCc1ccccc1. The van der Waals surface area contributed by atoms with Gasteiger partial charge in [-0.15, -0.1) is 0 Å². The molecule has 0 bridgehead atoms. The Kier molecular flexibility index (Phi) is 7.87. The van der Waals surface area contributed by atoms with E-state index in [1.165, 1.54) is 0 Å². The van der Waals surface area contributed by atoms with Crippen LogP contribution in [0, 0.1) is 5.92 Å². The van der Waals surface area contributed by atoms with Crippen molar-refractivity contribution in [3.05, 3.63) is 65.7 Å². The van der Waals surface area contributed by atoms with Crippen molar-refractivity contribution >= 4 is 17.5 Å². The zero-order valence-electron chi connectivity index (χ0n) is 15.6. The molecule has 2 aromatic rings. The van der Waals surface area contributed by atoms with Gasteiger partial charge in [0.1, 0.15) is 0 Å². The number of anilines is 1. The van der Waals surface area contributed by atoms with Crippen molar-refractivity contribution in [1.29, 1.82) is 0 Å². The largest absolute Gasteiger partial charge is 0.348 e. The van der Waals surface area contributed by atoms with Crippen molar-refractivity contribution < 1.29 is 9.59 Å². The van der Waals surface area contributed by atoms with Gasteiger partial charge in [0.2, 0.25) is 5.91 Å². The molecule has 0 radical (unpaired) electrons. The first-order valence-electron chi connectivity index (χ1n) is 9.37. The van der Waals surface area contributed by atoms with Gasteiger partial charge in [0.05, 0.1) is 11.3 Å². The lowest BCUT2D eigenvalue weighted by molar-refractivity contribution is -0.120. The summed E-state index contributed by atoms with van der Waals surface area (Å²) in [5.74, 6) is -0.217. The van der Waals surface area contributed by atoms with Gasteiger partial charge in [-0.1, -0.05) is 69.2 Å². The van der Waals surface area contributed by atoms with E-state index in [4.69, 9.17) is 0 Å².